The minimum atomic E-state index is -5.74. The summed E-state index contributed by atoms with van der Waals surface area (Å²) in [6.07, 6.45) is 0. The lowest BCUT2D eigenvalue weighted by atomic mass is 9.92. The Hall–Kier alpha value is -2.48. The highest BCUT2D eigenvalue weighted by molar-refractivity contribution is 9.10. The van der Waals surface area contributed by atoms with Gasteiger partial charge in [-0.15, -0.1) is 0 Å². The molecule has 0 aromatic heterocycles. The molecule has 0 amide bonds. The standard InChI is InChI=1S/C21H13BrF6O/c22-15-8-6-7-14(13-15)19(23,24)21(27,28)20(25,26)17-11-4-5-12-18(17)29-16-9-2-1-3-10-16/h1-13H. The van der Waals surface area contributed by atoms with Gasteiger partial charge in [-0.2, -0.15) is 26.3 Å². The number of ether oxygens (including phenoxy) is 1. The van der Waals surface area contributed by atoms with Crippen molar-refractivity contribution in [1.29, 1.82) is 0 Å². The average molecular weight is 475 g/mol. The van der Waals surface area contributed by atoms with Crippen molar-refractivity contribution >= 4 is 15.9 Å². The second kappa shape index (κ2) is 7.74. The molecule has 0 saturated carbocycles. The van der Waals surface area contributed by atoms with Crippen LogP contribution in [0.25, 0.3) is 0 Å². The van der Waals surface area contributed by atoms with Gasteiger partial charge in [0.2, 0.25) is 0 Å². The Morgan fingerprint density at radius 2 is 1.28 bits per heavy atom. The van der Waals surface area contributed by atoms with E-state index in [9.17, 15) is 26.3 Å². The molecule has 0 aliphatic carbocycles. The molecule has 0 aliphatic heterocycles. The summed E-state index contributed by atoms with van der Waals surface area (Å²) in [6.45, 7) is 0. The average Bonchev–Trinajstić information content (AvgIpc) is 2.69. The Bertz CT molecular complexity index is 991. The maximum absolute atomic E-state index is 14.9. The Morgan fingerprint density at radius 3 is 1.93 bits per heavy atom. The van der Waals surface area contributed by atoms with Crippen molar-refractivity contribution < 1.29 is 31.1 Å². The van der Waals surface area contributed by atoms with Crippen molar-refractivity contribution in [2.24, 2.45) is 0 Å². The molecule has 3 aromatic rings. The molecule has 1 nitrogen and oxygen atoms in total. The van der Waals surface area contributed by atoms with Gasteiger partial charge in [0, 0.05) is 10.0 Å². The molecule has 3 rings (SSSR count). The first-order valence-electron chi connectivity index (χ1n) is 8.29. The van der Waals surface area contributed by atoms with Crippen LogP contribution in [0.15, 0.2) is 83.3 Å². The SMILES string of the molecule is FC(F)(c1cccc(Br)c1)C(F)(F)C(F)(F)c1ccccc1Oc1ccccc1. The van der Waals surface area contributed by atoms with Crippen LogP contribution in [0.5, 0.6) is 11.5 Å². The topological polar surface area (TPSA) is 9.23 Å². The highest BCUT2D eigenvalue weighted by atomic mass is 79.9. The van der Waals surface area contributed by atoms with Crippen LogP contribution in [0.3, 0.4) is 0 Å². The zero-order valence-electron chi connectivity index (χ0n) is 14.6. The summed E-state index contributed by atoms with van der Waals surface area (Å²) in [5.74, 6) is -16.7. The molecule has 0 radical (unpaired) electrons. The highest BCUT2D eigenvalue weighted by Gasteiger charge is 2.73. The van der Waals surface area contributed by atoms with Crippen molar-refractivity contribution in [3.63, 3.8) is 0 Å². The van der Waals surface area contributed by atoms with E-state index >= 15 is 0 Å². The number of halogens is 7. The number of hydrogen-bond acceptors (Lipinski definition) is 1. The quantitative estimate of drug-likeness (QED) is 0.331. The molecule has 0 bridgehead atoms. The fraction of sp³-hybridized carbons (Fsp3) is 0.143. The van der Waals surface area contributed by atoms with Crippen LogP contribution >= 0.6 is 15.9 Å². The fourth-order valence-corrected chi connectivity index (χ4v) is 3.06. The molecular formula is C21H13BrF6O. The monoisotopic (exact) mass is 474 g/mol. The highest BCUT2D eigenvalue weighted by Crippen LogP contribution is 2.57. The number of hydrogen-bond donors (Lipinski definition) is 0. The largest absolute Gasteiger partial charge is 0.457 e. The predicted octanol–water partition coefficient (Wildman–Crippen LogP) is 7.76. The van der Waals surface area contributed by atoms with E-state index in [4.69, 9.17) is 4.74 Å². The van der Waals surface area contributed by atoms with Crippen LogP contribution < -0.4 is 4.74 Å². The normalized spacial score (nSPS) is 12.7. The van der Waals surface area contributed by atoms with E-state index < -0.39 is 34.6 Å². The third-order valence-corrected chi connectivity index (χ3v) is 4.67. The molecule has 0 unspecified atom stereocenters. The lowest BCUT2D eigenvalue weighted by Gasteiger charge is -2.34. The van der Waals surface area contributed by atoms with E-state index in [1.54, 1.807) is 18.2 Å². The van der Waals surface area contributed by atoms with Gasteiger partial charge in [0.1, 0.15) is 11.5 Å². The number of rotatable bonds is 6. The molecular weight excluding hydrogens is 462 g/mol. The van der Waals surface area contributed by atoms with Crippen LogP contribution in [0.2, 0.25) is 0 Å². The number of benzene rings is 3. The second-order valence-corrected chi connectivity index (χ2v) is 7.06. The molecule has 0 fully saturated rings. The van der Waals surface area contributed by atoms with Crippen molar-refractivity contribution in [3.8, 4) is 11.5 Å². The lowest BCUT2D eigenvalue weighted by Crippen LogP contribution is -2.50. The van der Waals surface area contributed by atoms with Crippen LogP contribution in [0, 0.1) is 0 Å². The van der Waals surface area contributed by atoms with E-state index in [0.29, 0.717) is 18.2 Å². The molecule has 152 valence electrons. The summed E-state index contributed by atoms with van der Waals surface area (Å²) in [7, 11) is 0. The van der Waals surface area contributed by atoms with Crippen molar-refractivity contribution in [1.82, 2.24) is 0 Å². The molecule has 0 spiro atoms. The van der Waals surface area contributed by atoms with Crippen LogP contribution in [0.1, 0.15) is 11.1 Å². The van der Waals surface area contributed by atoms with Crippen LogP contribution in [0.4, 0.5) is 26.3 Å². The molecule has 0 heterocycles. The number of alkyl halides is 6. The van der Waals surface area contributed by atoms with Gasteiger partial charge in [-0.3, -0.25) is 0 Å². The van der Waals surface area contributed by atoms with Crippen molar-refractivity contribution in [2.75, 3.05) is 0 Å². The Labute approximate surface area is 171 Å². The Kier molecular flexibility index (Phi) is 5.67. The van der Waals surface area contributed by atoms with Gasteiger partial charge in [0.15, 0.2) is 0 Å². The Balaban J connectivity index is 2.06. The van der Waals surface area contributed by atoms with Gasteiger partial charge in [-0.1, -0.05) is 58.4 Å². The second-order valence-electron chi connectivity index (χ2n) is 6.14. The van der Waals surface area contributed by atoms with E-state index in [1.807, 2.05) is 0 Å². The van der Waals surface area contributed by atoms with E-state index in [-0.39, 0.29) is 10.2 Å². The first-order chi connectivity index (χ1) is 13.6. The van der Waals surface area contributed by atoms with Gasteiger partial charge >= 0.3 is 17.8 Å². The van der Waals surface area contributed by atoms with Gasteiger partial charge < -0.3 is 4.74 Å². The molecule has 0 aliphatic rings. The summed E-state index contributed by atoms with van der Waals surface area (Å²) in [5.41, 5.74) is -2.58. The van der Waals surface area contributed by atoms with E-state index in [1.165, 1.54) is 24.3 Å². The summed E-state index contributed by atoms with van der Waals surface area (Å²) in [6, 6.07) is 15.3. The maximum atomic E-state index is 14.9. The van der Waals surface area contributed by atoms with Gasteiger partial charge in [-0.25, -0.2) is 0 Å². The zero-order chi connectivity index (χ0) is 21.3. The van der Waals surface area contributed by atoms with E-state index in [2.05, 4.69) is 15.9 Å². The molecule has 0 saturated heterocycles. The third-order valence-electron chi connectivity index (χ3n) is 4.17. The molecule has 8 heteroatoms. The minimum Gasteiger partial charge on any atom is -0.457 e. The number of para-hydroxylation sites is 2. The maximum Gasteiger partial charge on any atom is 0.380 e. The summed E-state index contributed by atoms with van der Waals surface area (Å²) in [4.78, 5) is 0. The molecule has 3 aromatic carbocycles. The summed E-state index contributed by atoms with van der Waals surface area (Å²) >= 11 is 2.88. The third kappa shape index (κ3) is 3.85. The summed E-state index contributed by atoms with van der Waals surface area (Å²) in [5, 5.41) is 0. The van der Waals surface area contributed by atoms with Crippen LogP contribution in [-0.4, -0.2) is 5.92 Å². The van der Waals surface area contributed by atoms with Gasteiger partial charge in [0.05, 0.1) is 5.56 Å². The smallest absolute Gasteiger partial charge is 0.380 e. The van der Waals surface area contributed by atoms with Crippen molar-refractivity contribution in [3.05, 3.63) is 94.5 Å². The Morgan fingerprint density at radius 1 is 0.655 bits per heavy atom. The van der Waals surface area contributed by atoms with E-state index in [0.717, 1.165) is 18.2 Å². The molecule has 0 N–H and O–H groups in total. The predicted molar refractivity (Wildman–Crippen MR) is 99.8 cm³/mol. The zero-order valence-corrected chi connectivity index (χ0v) is 16.1. The van der Waals surface area contributed by atoms with Gasteiger partial charge in [-0.05, 0) is 36.4 Å². The summed E-state index contributed by atoms with van der Waals surface area (Å²) < 4.78 is 93.4. The first-order valence-corrected chi connectivity index (χ1v) is 9.08. The van der Waals surface area contributed by atoms with Gasteiger partial charge in [0.25, 0.3) is 0 Å². The first kappa shape index (κ1) is 21.2. The minimum absolute atomic E-state index is 0.0570. The fourth-order valence-electron chi connectivity index (χ4n) is 2.66. The van der Waals surface area contributed by atoms with Crippen LogP contribution in [-0.2, 0) is 11.8 Å². The lowest BCUT2D eigenvalue weighted by molar-refractivity contribution is -0.321. The molecule has 0 atom stereocenters. The van der Waals surface area contributed by atoms with Crippen molar-refractivity contribution in [2.45, 2.75) is 17.8 Å². The molecule has 29 heavy (non-hydrogen) atoms.